The molecule has 0 aliphatic carbocycles. The van der Waals surface area contributed by atoms with E-state index in [1.54, 1.807) is 6.07 Å². The summed E-state index contributed by atoms with van der Waals surface area (Å²) in [6.45, 7) is 1.52. The summed E-state index contributed by atoms with van der Waals surface area (Å²) in [5.41, 5.74) is 6.23. The second kappa shape index (κ2) is 5.54. The van der Waals surface area contributed by atoms with Crippen molar-refractivity contribution in [1.29, 1.82) is 0 Å². The summed E-state index contributed by atoms with van der Waals surface area (Å²) >= 11 is 5.86. The lowest BCUT2D eigenvalue weighted by molar-refractivity contribution is -0.142. The van der Waals surface area contributed by atoms with Gasteiger partial charge >= 0.3 is 5.97 Å². The van der Waals surface area contributed by atoms with Crippen molar-refractivity contribution in [2.45, 2.75) is 13.0 Å². The second-order valence-electron chi connectivity index (χ2n) is 3.46. The van der Waals surface area contributed by atoms with Crippen LogP contribution in [-0.2, 0) is 9.53 Å². The zero-order chi connectivity index (χ0) is 13.0. The number of carbonyl (C=O) groups excluding carboxylic acids is 2. The number of rotatable bonds is 3. The van der Waals surface area contributed by atoms with Crippen LogP contribution in [0.2, 0.25) is 5.02 Å². The maximum Gasteiger partial charge on any atom is 0.328 e. The van der Waals surface area contributed by atoms with Crippen LogP contribution in [0.25, 0.3) is 0 Å². The molecule has 1 rings (SSSR count). The normalized spacial score (nSPS) is 11.7. The van der Waals surface area contributed by atoms with Gasteiger partial charge in [-0.05, 0) is 25.1 Å². The molecule has 0 aliphatic rings. The molecule has 0 fully saturated rings. The molecular weight excluding hydrogens is 244 g/mol. The van der Waals surface area contributed by atoms with E-state index < -0.39 is 17.9 Å². The number of nitrogens with two attached hydrogens (primary N) is 1. The predicted octanol–water partition coefficient (Wildman–Crippen LogP) is 1.21. The number of nitrogen functional groups attached to an aromatic ring is 1. The van der Waals surface area contributed by atoms with E-state index in [0.717, 1.165) is 0 Å². The quantitative estimate of drug-likeness (QED) is 0.629. The summed E-state index contributed by atoms with van der Waals surface area (Å²) in [6, 6.07) is 3.79. The number of esters is 1. The van der Waals surface area contributed by atoms with Gasteiger partial charge in [-0.1, -0.05) is 11.6 Å². The minimum atomic E-state index is -0.735. The van der Waals surface area contributed by atoms with Gasteiger partial charge in [0.05, 0.1) is 17.7 Å². The Morgan fingerprint density at radius 3 is 2.65 bits per heavy atom. The highest BCUT2D eigenvalue weighted by molar-refractivity contribution is 6.34. The Morgan fingerprint density at radius 1 is 1.47 bits per heavy atom. The van der Waals surface area contributed by atoms with Crippen LogP contribution in [0.15, 0.2) is 18.2 Å². The first-order valence-electron chi connectivity index (χ1n) is 4.89. The molecule has 0 saturated carbocycles. The van der Waals surface area contributed by atoms with E-state index in [1.807, 2.05) is 0 Å². The Kier molecular flexibility index (Phi) is 4.34. The molecule has 1 amide bonds. The number of halogens is 1. The average Bonchev–Trinajstić information content (AvgIpc) is 2.27. The fourth-order valence-electron chi connectivity index (χ4n) is 1.23. The lowest BCUT2D eigenvalue weighted by Gasteiger charge is -2.12. The summed E-state index contributed by atoms with van der Waals surface area (Å²) in [7, 11) is 1.25. The highest BCUT2D eigenvalue weighted by Crippen LogP contribution is 2.19. The molecular formula is C11H13ClN2O3. The Labute approximate surface area is 104 Å². The molecule has 0 aromatic heterocycles. The van der Waals surface area contributed by atoms with Gasteiger partial charge in [0, 0.05) is 5.69 Å². The monoisotopic (exact) mass is 256 g/mol. The van der Waals surface area contributed by atoms with Gasteiger partial charge in [-0.2, -0.15) is 0 Å². The Balaban J connectivity index is 2.80. The molecule has 5 nitrogen and oxygen atoms in total. The van der Waals surface area contributed by atoms with Gasteiger partial charge in [-0.15, -0.1) is 0 Å². The van der Waals surface area contributed by atoms with Crippen LogP contribution in [0.4, 0.5) is 5.69 Å². The lowest BCUT2D eigenvalue weighted by Crippen LogP contribution is -2.39. The minimum absolute atomic E-state index is 0.236. The molecule has 92 valence electrons. The van der Waals surface area contributed by atoms with Gasteiger partial charge in [0.25, 0.3) is 5.91 Å². The average molecular weight is 257 g/mol. The number of nitrogens with one attached hydrogen (secondary N) is 1. The van der Waals surface area contributed by atoms with E-state index in [9.17, 15) is 9.59 Å². The van der Waals surface area contributed by atoms with Crippen molar-refractivity contribution >= 4 is 29.2 Å². The molecule has 0 saturated heterocycles. The summed E-state index contributed by atoms with van der Waals surface area (Å²) < 4.78 is 4.49. The van der Waals surface area contributed by atoms with Crippen molar-refractivity contribution < 1.29 is 14.3 Å². The summed E-state index contributed by atoms with van der Waals surface area (Å²) in [5.74, 6) is -0.974. The highest BCUT2D eigenvalue weighted by Gasteiger charge is 2.18. The zero-order valence-electron chi connectivity index (χ0n) is 9.49. The van der Waals surface area contributed by atoms with Crippen LogP contribution in [0.5, 0.6) is 0 Å². The Morgan fingerprint density at radius 2 is 2.12 bits per heavy atom. The van der Waals surface area contributed by atoms with Gasteiger partial charge in [0.2, 0.25) is 0 Å². The molecule has 1 aromatic carbocycles. The first kappa shape index (κ1) is 13.3. The van der Waals surface area contributed by atoms with Crippen molar-refractivity contribution in [2.24, 2.45) is 0 Å². The number of methoxy groups -OCH3 is 1. The standard InChI is InChI=1S/C11H13ClN2O3/c1-6(11(16)17-2)14-10(15)8-4-3-7(13)5-9(8)12/h3-6H,13H2,1-2H3,(H,14,15). The van der Waals surface area contributed by atoms with Gasteiger partial charge in [0.1, 0.15) is 6.04 Å². The van der Waals surface area contributed by atoms with Crippen LogP contribution in [0.3, 0.4) is 0 Å². The third-order valence-corrected chi connectivity index (χ3v) is 2.45. The topological polar surface area (TPSA) is 81.4 Å². The summed E-state index contributed by atoms with van der Waals surface area (Å²) in [6.07, 6.45) is 0. The van der Waals surface area contributed by atoms with Crippen LogP contribution < -0.4 is 11.1 Å². The van der Waals surface area contributed by atoms with Gasteiger partial charge in [-0.25, -0.2) is 4.79 Å². The molecule has 0 heterocycles. The third kappa shape index (κ3) is 3.35. The van der Waals surface area contributed by atoms with Crippen molar-refractivity contribution in [2.75, 3.05) is 12.8 Å². The number of carbonyl (C=O) groups is 2. The molecule has 1 unspecified atom stereocenters. The molecule has 0 aliphatic heterocycles. The molecule has 3 N–H and O–H groups in total. The van der Waals surface area contributed by atoms with E-state index >= 15 is 0 Å². The van der Waals surface area contributed by atoms with Gasteiger partial charge in [-0.3, -0.25) is 4.79 Å². The number of hydrogen-bond donors (Lipinski definition) is 2. The maximum atomic E-state index is 11.8. The maximum absolute atomic E-state index is 11.8. The number of hydrogen-bond acceptors (Lipinski definition) is 4. The van der Waals surface area contributed by atoms with E-state index in [0.29, 0.717) is 5.69 Å². The van der Waals surface area contributed by atoms with Crippen LogP contribution in [0, 0.1) is 0 Å². The van der Waals surface area contributed by atoms with Crippen molar-refractivity contribution in [1.82, 2.24) is 5.32 Å². The molecule has 17 heavy (non-hydrogen) atoms. The first-order chi connectivity index (χ1) is 7.95. The van der Waals surface area contributed by atoms with E-state index in [1.165, 1.54) is 26.2 Å². The smallest absolute Gasteiger partial charge is 0.328 e. The number of anilines is 1. The van der Waals surface area contributed by atoms with Crippen LogP contribution >= 0.6 is 11.6 Å². The van der Waals surface area contributed by atoms with E-state index in [2.05, 4.69) is 10.1 Å². The Bertz CT molecular complexity index is 448. The molecule has 0 radical (unpaired) electrons. The first-order valence-corrected chi connectivity index (χ1v) is 5.27. The van der Waals surface area contributed by atoms with Crippen LogP contribution in [0.1, 0.15) is 17.3 Å². The molecule has 1 aromatic rings. The van der Waals surface area contributed by atoms with E-state index in [4.69, 9.17) is 17.3 Å². The molecule has 0 bridgehead atoms. The van der Waals surface area contributed by atoms with Crippen molar-refractivity contribution in [3.63, 3.8) is 0 Å². The number of benzene rings is 1. The van der Waals surface area contributed by atoms with Gasteiger partial charge < -0.3 is 15.8 Å². The van der Waals surface area contributed by atoms with Crippen LogP contribution in [-0.4, -0.2) is 25.0 Å². The fraction of sp³-hybridized carbons (Fsp3) is 0.273. The minimum Gasteiger partial charge on any atom is -0.467 e. The molecule has 1 atom stereocenters. The highest BCUT2D eigenvalue weighted by atomic mass is 35.5. The second-order valence-corrected chi connectivity index (χ2v) is 3.86. The predicted molar refractivity (Wildman–Crippen MR) is 64.8 cm³/mol. The number of amides is 1. The summed E-state index contributed by atoms with van der Waals surface area (Å²) in [4.78, 5) is 22.9. The van der Waals surface area contributed by atoms with Crippen molar-refractivity contribution in [3.05, 3.63) is 28.8 Å². The largest absolute Gasteiger partial charge is 0.467 e. The fourth-order valence-corrected chi connectivity index (χ4v) is 1.50. The SMILES string of the molecule is COC(=O)C(C)NC(=O)c1ccc(N)cc1Cl. The number of ether oxygens (including phenoxy) is 1. The molecule has 6 heteroatoms. The third-order valence-electron chi connectivity index (χ3n) is 2.14. The van der Waals surface area contributed by atoms with Crippen molar-refractivity contribution in [3.8, 4) is 0 Å². The summed E-state index contributed by atoms with van der Waals surface area (Å²) in [5, 5.41) is 2.70. The zero-order valence-corrected chi connectivity index (χ0v) is 10.2. The van der Waals surface area contributed by atoms with E-state index in [-0.39, 0.29) is 10.6 Å². The van der Waals surface area contributed by atoms with Gasteiger partial charge in [0.15, 0.2) is 0 Å². The molecule has 0 spiro atoms. The Hall–Kier alpha value is -1.75. The lowest BCUT2D eigenvalue weighted by atomic mass is 10.2.